The average molecular weight is 423 g/mol. The average Bonchev–Trinajstić information content (AvgIpc) is 2.74. The van der Waals surface area contributed by atoms with Crippen LogP contribution in [0, 0.1) is 0 Å². The van der Waals surface area contributed by atoms with E-state index in [1.165, 1.54) is 31.4 Å². The minimum atomic E-state index is -3.58. The predicted octanol–water partition coefficient (Wildman–Crippen LogP) is 2.86. The smallest absolute Gasteiger partial charge is 0.331 e. The van der Waals surface area contributed by atoms with Crippen molar-refractivity contribution in [1.29, 1.82) is 0 Å². The molecular weight excluding hydrogens is 392 g/mol. The third kappa shape index (κ3) is 4.48. The van der Waals surface area contributed by atoms with Gasteiger partial charge >= 0.3 is 5.97 Å². The lowest BCUT2D eigenvalue weighted by Crippen LogP contribution is -2.56. The van der Waals surface area contributed by atoms with Gasteiger partial charge in [0.2, 0.25) is 10.0 Å². The van der Waals surface area contributed by atoms with Gasteiger partial charge in [-0.2, -0.15) is 4.31 Å². The van der Waals surface area contributed by atoms with E-state index in [9.17, 15) is 18.0 Å². The Morgan fingerprint density at radius 1 is 1.07 bits per heavy atom. The van der Waals surface area contributed by atoms with E-state index in [1.807, 2.05) is 6.92 Å². The molecule has 7 nitrogen and oxygen atoms in total. The van der Waals surface area contributed by atoms with Crippen LogP contribution in [0.2, 0.25) is 0 Å². The maximum Gasteiger partial charge on any atom is 0.331 e. The number of benzene rings is 1. The molecule has 0 spiro atoms. The molecule has 1 heterocycles. The number of sulfonamides is 1. The van der Waals surface area contributed by atoms with E-state index >= 15 is 0 Å². The third-order valence-corrected chi connectivity index (χ3v) is 8.13. The minimum Gasteiger partial charge on any atom is -0.467 e. The lowest BCUT2D eigenvalue weighted by atomic mass is 9.81. The highest BCUT2D eigenvalue weighted by atomic mass is 32.2. The molecule has 2 fully saturated rings. The standard InChI is InChI=1S/C21H30N2O5S/c1-16-8-4-7-15-23(16)29(26,27)18-11-9-17(10-12-18)19(24)22-21(20(25)28-2)13-5-3-6-14-21/h9-12,16H,3-8,13-15H2,1-2H3,(H,22,24)/t16-/m1/s1. The van der Waals surface area contributed by atoms with Crippen molar-refractivity contribution in [2.45, 2.75) is 74.8 Å². The Hall–Kier alpha value is -1.93. The summed E-state index contributed by atoms with van der Waals surface area (Å²) in [6.07, 6.45) is 6.57. The van der Waals surface area contributed by atoms with Crippen molar-refractivity contribution < 1.29 is 22.7 Å². The zero-order chi connectivity index (χ0) is 21.1. The second-order valence-electron chi connectivity index (χ2n) is 8.07. The summed E-state index contributed by atoms with van der Waals surface area (Å²) in [7, 11) is -2.26. The Bertz CT molecular complexity index is 844. The summed E-state index contributed by atoms with van der Waals surface area (Å²) in [4.78, 5) is 25.3. The van der Waals surface area contributed by atoms with E-state index in [-0.39, 0.29) is 10.9 Å². The Balaban J connectivity index is 1.77. The van der Waals surface area contributed by atoms with Crippen molar-refractivity contribution in [2.75, 3.05) is 13.7 Å². The largest absolute Gasteiger partial charge is 0.467 e. The minimum absolute atomic E-state index is 0.0251. The maximum absolute atomic E-state index is 12.9. The fourth-order valence-electron chi connectivity index (χ4n) is 4.36. The molecule has 0 unspecified atom stereocenters. The van der Waals surface area contributed by atoms with Crippen LogP contribution < -0.4 is 5.32 Å². The van der Waals surface area contributed by atoms with E-state index in [1.54, 1.807) is 4.31 Å². The molecule has 0 aromatic heterocycles. The molecule has 1 aromatic rings. The number of hydrogen-bond acceptors (Lipinski definition) is 5. The van der Waals surface area contributed by atoms with Crippen LogP contribution in [0.3, 0.4) is 0 Å². The van der Waals surface area contributed by atoms with Crippen LogP contribution in [0.25, 0.3) is 0 Å². The van der Waals surface area contributed by atoms with Gasteiger partial charge in [-0.1, -0.05) is 25.7 Å². The third-order valence-electron chi connectivity index (χ3n) is 6.10. The summed E-state index contributed by atoms with van der Waals surface area (Å²) >= 11 is 0. The van der Waals surface area contributed by atoms with Crippen molar-refractivity contribution in [3.05, 3.63) is 29.8 Å². The highest BCUT2D eigenvalue weighted by Gasteiger charge is 2.42. The number of carbonyl (C=O) groups is 2. The van der Waals surface area contributed by atoms with Gasteiger partial charge in [0, 0.05) is 18.2 Å². The van der Waals surface area contributed by atoms with Crippen LogP contribution in [0.1, 0.15) is 68.6 Å². The number of carbonyl (C=O) groups excluding carboxylic acids is 2. The molecule has 1 aliphatic carbocycles. The van der Waals surface area contributed by atoms with Crippen LogP contribution in [0.4, 0.5) is 0 Å². The molecular formula is C21H30N2O5S. The van der Waals surface area contributed by atoms with Gasteiger partial charge in [0.05, 0.1) is 12.0 Å². The highest BCUT2D eigenvalue weighted by Crippen LogP contribution is 2.30. The normalized spacial score (nSPS) is 22.6. The Morgan fingerprint density at radius 2 is 1.72 bits per heavy atom. The topological polar surface area (TPSA) is 92.8 Å². The lowest BCUT2D eigenvalue weighted by Gasteiger charge is -2.35. The quantitative estimate of drug-likeness (QED) is 0.737. The van der Waals surface area contributed by atoms with Gasteiger partial charge in [0.15, 0.2) is 0 Å². The fraction of sp³-hybridized carbons (Fsp3) is 0.619. The molecule has 1 atom stereocenters. The fourth-order valence-corrected chi connectivity index (χ4v) is 6.06. The predicted molar refractivity (Wildman–Crippen MR) is 109 cm³/mol. The Labute approximate surface area is 172 Å². The maximum atomic E-state index is 12.9. The number of methoxy groups -OCH3 is 1. The van der Waals surface area contributed by atoms with Crippen molar-refractivity contribution in [2.24, 2.45) is 0 Å². The molecule has 1 aromatic carbocycles. The molecule has 2 aliphatic rings. The molecule has 160 valence electrons. The Morgan fingerprint density at radius 3 is 2.31 bits per heavy atom. The Kier molecular flexibility index (Phi) is 6.63. The van der Waals surface area contributed by atoms with Crippen LogP contribution in [-0.2, 0) is 19.6 Å². The second-order valence-corrected chi connectivity index (χ2v) is 9.96. The summed E-state index contributed by atoms with van der Waals surface area (Å²) < 4.78 is 32.4. The van der Waals surface area contributed by atoms with Gasteiger partial charge in [-0.15, -0.1) is 0 Å². The van der Waals surface area contributed by atoms with Crippen molar-refractivity contribution in [1.82, 2.24) is 9.62 Å². The number of ether oxygens (including phenoxy) is 1. The van der Waals surface area contributed by atoms with E-state index in [4.69, 9.17) is 4.74 Å². The van der Waals surface area contributed by atoms with Gasteiger partial charge < -0.3 is 10.1 Å². The van der Waals surface area contributed by atoms with Gasteiger partial charge in [0.25, 0.3) is 5.91 Å². The van der Waals surface area contributed by atoms with Gasteiger partial charge in [-0.3, -0.25) is 4.79 Å². The first-order valence-corrected chi connectivity index (χ1v) is 11.8. The van der Waals surface area contributed by atoms with Crippen LogP contribution >= 0.6 is 0 Å². The van der Waals surface area contributed by atoms with Crippen LogP contribution in [-0.4, -0.2) is 49.8 Å². The number of amides is 1. The first-order valence-electron chi connectivity index (χ1n) is 10.3. The number of hydrogen-bond donors (Lipinski definition) is 1. The number of rotatable bonds is 5. The number of nitrogens with one attached hydrogen (secondary N) is 1. The van der Waals surface area contributed by atoms with E-state index in [2.05, 4.69) is 5.32 Å². The monoisotopic (exact) mass is 422 g/mol. The molecule has 1 aliphatic heterocycles. The zero-order valence-electron chi connectivity index (χ0n) is 17.1. The molecule has 1 saturated carbocycles. The van der Waals surface area contributed by atoms with Crippen molar-refractivity contribution >= 4 is 21.9 Å². The van der Waals surface area contributed by atoms with Crippen molar-refractivity contribution in [3.8, 4) is 0 Å². The van der Waals surface area contributed by atoms with E-state index < -0.39 is 27.4 Å². The highest BCUT2D eigenvalue weighted by molar-refractivity contribution is 7.89. The molecule has 1 saturated heterocycles. The number of nitrogens with zero attached hydrogens (tertiary/aromatic N) is 1. The van der Waals surface area contributed by atoms with Gasteiger partial charge in [-0.25, -0.2) is 13.2 Å². The zero-order valence-corrected chi connectivity index (χ0v) is 18.0. The van der Waals surface area contributed by atoms with Crippen molar-refractivity contribution in [3.63, 3.8) is 0 Å². The first-order chi connectivity index (χ1) is 13.8. The summed E-state index contributed by atoms with van der Waals surface area (Å²) in [6.45, 7) is 2.45. The molecule has 3 rings (SSSR count). The summed E-state index contributed by atoms with van der Waals surface area (Å²) in [6, 6.07) is 5.92. The molecule has 1 N–H and O–H groups in total. The van der Waals surface area contributed by atoms with E-state index in [0.29, 0.717) is 24.9 Å². The summed E-state index contributed by atoms with van der Waals surface area (Å²) in [5.74, 6) is -0.823. The van der Waals surface area contributed by atoms with E-state index in [0.717, 1.165) is 38.5 Å². The molecule has 8 heteroatoms. The first kappa shape index (κ1) is 21.8. The SMILES string of the molecule is COC(=O)C1(NC(=O)c2ccc(S(=O)(=O)N3CCCC[C@H]3C)cc2)CCCCC1. The van der Waals surface area contributed by atoms with Crippen LogP contribution in [0.5, 0.6) is 0 Å². The number of piperidine rings is 1. The lowest BCUT2D eigenvalue weighted by molar-refractivity contribution is -0.149. The number of esters is 1. The molecule has 0 bridgehead atoms. The van der Waals surface area contributed by atoms with Crippen LogP contribution in [0.15, 0.2) is 29.2 Å². The van der Waals surface area contributed by atoms with Gasteiger partial charge in [-0.05, 0) is 56.9 Å². The molecule has 29 heavy (non-hydrogen) atoms. The molecule has 0 radical (unpaired) electrons. The second kappa shape index (κ2) is 8.83. The molecule has 1 amide bonds. The van der Waals surface area contributed by atoms with Gasteiger partial charge in [0.1, 0.15) is 5.54 Å². The summed E-state index contributed by atoms with van der Waals surface area (Å²) in [5.41, 5.74) is -0.678. The summed E-state index contributed by atoms with van der Waals surface area (Å²) in [5, 5.41) is 2.85.